The number of nitrogens with one attached hydrogen (secondary N) is 1. The molecule has 1 unspecified atom stereocenters. The third-order valence-electron chi connectivity index (χ3n) is 4.80. The zero-order valence-electron chi connectivity index (χ0n) is 17.0. The van der Waals surface area contributed by atoms with Crippen LogP contribution in [-0.4, -0.2) is 6.61 Å². The number of thioether (sulfide) groups is 1. The van der Waals surface area contributed by atoms with E-state index in [1.165, 1.54) is 25.2 Å². The fourth-order valence-electron chi connectivity index (χ4n) is 2.81. The molecule has 28 heavy (non-hydrogen) atoms. The van der Waals surface area contributed by atoms with Crippen molar-refractivity contribution in [1.29, 1.82) is 0 Å². The largest absolute Gasteiger partial charge is 0.493 e. The van der Waals surface area contributed by atoms with Crippen LogP contribution < -0.4 is 8.86 Å². The molecule has 1 heterocycles. The molecular weight excluding hydrogens is 402 g/mol. The van der Waals surface area contributed by atoms with Gasteiger partial charge in [0.25, 0.3) is 0 Å². The summed E-state index contributed by atoms with van der Waals surface area (Å²) >= 11 is 5.21. The zero-order valence-corrected chi connectivity index (χ0v) is 19.5. The fourth-order valence-corrected chi connectivity index (χ4v) is 6.14. The van der Waals surface area contributed by atoms with Crippen molar-refractivity contribution in [2.45, 2.75) is 51.3 Å². The maximum absolute atomic E-state index is 6.23. The van der Waals surface area contributed by atoms with E-state index < -0.39 is 0 Å². The SMILES string of the molecule is CCC(C)c1ccc(OCCC(C)C)c(C2=C(Sc3ccccc3)SNS2)c1. The smallest absolute Gasteiger partial charge is 0.127 e. The molecule has 1 N–H and O–H groups in total. The van der Waals surface area contributed by atoms with Crippen molar-refractivity contribution in [3.05, 3.63) is 63.9 Å². The van der Waals surface area contributed by atoms with Gasteiger partial charge in [-0.25, -0.2) is 0 Å². The van der Waals surface area contributed by atoms with Gasteiger partial charge in [-0.3, -0.25) is 0 Å². The minimum atomic E-state index is 0.543. The molecule has 0 radical (unpaired) electrons. The average Bonchev–Trinajstić information content (AvgIpc) is 3.16. The van der Waals surface area contributed by atoms with Gasteiger partial charge in [0, 0.05) is 10.5 Å². The van der Waals surface area contributed by atoms with E-state index in [0.717, 1.165) is 25.2 Å². The third kappa shape index (κ3) is 5.76. The van der Waals surface area contributed by atoms with Gasteiger partial charge in [0.1, 0.15) is 5.75 Å². The number of benzene rings is 2. The molecule has 1 atom stereocenters. The Labute approximate surface area is 182 Å². The van der Waals surface area contributed by atoms with Crippen LogP contribution in [0.25, 0.3) is 4.91 Å². The second-order valence-electron chi connectivity index (χ2n) is 7.42. The highest BCUT2D eigenvalue weighted by Gasteiger charge is 2.23. The van der Waals surface area contributed by atoms with Crippen LogP contribution in [0.1, 0.15) is 57.6 Å². The summed E-state index contributed by atoms with van der Waals surface area (Å²) < 4.78 is 10.9. The van der Waals surface area contributed by atoms with Gasteiger partial charge in [-0.2, -0.15) is 4.13 Å². The molecule has 3 rings (SSSR count). The highest BCUT2D eigenvalue weighted by atomic mass is 32.2. The second-order valence-corrected chi connectivity index (χ2v) is 10.6. The van der Waals surface area contributed by atoms with Crippen molar-refractivity contribution >= 4 is 40.6 Å². The lowest BCUT2D eigenvalue weighted by atomic mass is 9.96. The van der Waals surface area contributed by atoms with E-state index in [1.54, 1.807) is 23.9 Å². The zero-order chi connectivity index (χ0) is 19.9. The van der Waals surface area contributed by atoms with Gasteiger partial charge in [-0.15, -0.1) is 0 Å². The van der Waals surface area contributed by atoms with Crippen LogP contribution in [0.4, 0.5) is 0 Å². The highest BCUT2D eigenvalue weighted by molar-refractivity contribution is 8.31. The molecular formula is C23H29NOS3. The summed E-state index contributed by atoms with van der Waals surface area (Å²) in [4.78, 5) is 2.52. The Balaban J connectivity index is 1.94. The molecule has 1 aliphatic heterocycles. The first-order valence-electron chi connectivity index (χ1n) is 9.91. The molecule has 0 aliphatic carbocycles. The van der Waals surface area contributed by atoms with Crippen molar-refractivity contribution in [3.63, 3.8) is 0 Å². The molecule has 0 aromatic heterocycles. The first-order chi connectivity index (χ1) is 13.6. The molecule has 150 valence electrons. The Hall–Kier alpha value is -1.01. The molecule has 0 fully saturated rings. The van der Waals surface area contributed by atoms with Gasteiger partial charge >= 0.3 is 0 Å². The lowest BCUT2D eigenvalue weighted by Gasteiger charge is -2.17. The highest BCUT2D eigenvalue weighted by Crippen LogP contribution is 2.51. The van der Waals surface area contributed by atoms with Crippen molar-refractivity contribution in [1.82, 2.24) is 4.13 Å². The summed E-state index contributed by atoms with van der Waals surface area (Å²) in [5, 5.41) is 0. The third-order valence-corrected chi connectivity index (χ3v) is 8.14. The summed E-state index contributed by atoms with van der Waals surface area (Å²) in [6.45, 7) is 9.77. The first-order valence-corrected chi connectivity index (χ1v) is 12.4. The first kappa shape index (κ1) is 21.7. The van der Waals surface area contributed by atoms with Gasteiger partial charge in [0.2, 0.25) is 0 Å². The topological polar surface area (TPSA) is 21.3 Å². The normalized spacial score (nSPS) is 15.3. The maximum Gasteiger partial charge on any atom is 0.127 e. The van der Waals surface area contributed by atoms with Gasteiger partial charge in [-0.1, -0.05) is 63.7 Å². The van der Waals surface area contributed by atoms with Crippen LogP contribution in [-0.2, 0) is 0 Å². The summed E-state index contributed by atoms with van der Waals surface area (Å²) in [7, 11) is 0. The van der Waals surface area contributed by atoms with Gasteiger partial charge in [0.15, 0.2) is 0 Å². The monoisotopic (exact) mass is 431 g/mol. The van der Waals surface area contributed by atoms with E-state index in [9.17, 15) is 0 Å². The maximum atomic E-state index is 6.23. The van der Waals surface area contributed by atoms with Gasteiger partial charge in [-0.05, 0) is 78.4 Å². The molecule has 0 amide bonds. The van der Waals surface area contributed by atoms with E-state index in [0.29, 0.717) is 11.8 Å². The van der Waals surface area contributed by atoms with E-state index >= 15 is 0 Å². The number of hydrogen-bond acceptors (Lipinski definition) is 5. The molecule has 0 bridgehead atoms. The predicted octanol–water partition coefficient (Wildman–Crippen LogP) is 7.94. The van der Waals surface area contributed by atoms with Crippen LogP contribution in [0, 0.1) is 5.92 Å². The van der Waals surface area contributed by atoms with E-state index in [1.807, 2.05) is 11.8 Å². The lowest BCUT2D eigenvalue weighted by molar-refractivity contribution is 0.289. The molecule has 0 saturated heterocycles. The summed E-state index contributed by atoms with van der Waals surface area (Å²) in [5.41, 5.74) is 2.59. The van der Waals surface area contributed by atoms with Crippen LogP contribution in [0.5, 0.6) is 5.75 Å². The fraction of sp³-hybridized carbons (Fsp3) is 0.391. The Morgan fingerprint density at radius 3 is 2.54 bits per heavy atom. The quantitative estimate of drug-likeness (QED) is 0.405. The summed E-state index contributed by atoms with van der Waals surface area (Å²) in [5.74, 6) is 2.18. The Morgan fingerprint density at radius 2 is 1.82 bits per heavy atom. The molecule has 0 saturated carbocycles. The number of hydrogen-bond donors (Lipinski definition) is 1. The summed E-state index contributed by atoms with van der Waals surface area (Å²) in [6.07, 6.45) is 2.20. The van der Waals surface area contributed by atoms with Gasteiger partial charge in [0.05, 0.1) is 15.7 Å². The standard InChI is InChI=1S/C23H29NOS3/c1-5-17(4)18-11-12-21(25-14-13-16(2)3)20(15-18)22-23(28-24-27-22)26-19-9-7-6-8-10-19/h6-12,15-17,24H,5,13-14H2,1-4H3. The second kappa shape index (κ2) is 10.7. The van der Waals surface area contributed by atoms with Crippen molar-refractivity contribution in [2.75, 3.05) is 6.61 Å². The van der Waals surface area contributed by atoms with E-state index in [2.05, 4.69) is 80.4 Å². The molecule has 1 aliphatic rings. The van der Waals surface area contributed by atoms with Crippen LogP contribution in [0.3, 0.4) is 0 Å². The number of rotatable bonds is 9. The Bertz CT molecular complexity index is 805. The number of ether oxygens (including phenoxy) is 1. The lowest BCUT2D eigenvalue weighted by Crippen LogP contribution is -2.04. The predicted molar refractivity (Wildman–Crippen MR) is 128 cm³/mol. The Morgan fingerprint density at radius 1 is 1.04 bits per heavy atom. The van der Waals surface area contributed by atoms with Crippen molar-refractivity contribution in [3.8, 4) is 5.75 Å². The van der Waals surface area contributed by atoms with Crippen LogP contribution in [0.15, 0.2) is 57.7 Å². The minimum Gasteiger partial charge on any atom is -0.493 e. The molecule has 2 aromatic carbocycles. The van der Waals surface area contributed by atoms with Crippen molar-refractivity contribution in [2.24, 2.45) is 5.92 Å². The summed E-state index contributed by atoms with van der Waals surface area (Å²) in [6, 6.07) is 17.3. The molecule has 2 aromatic rings. The molecule has 5 heteroatoms. The molecule has 2 nitrogen and oxygen atoms in total. The van der Waals surface area contributed by atoms with Crippen molar-refractivity contribution < 1.29 is 4.74 Å². The van der Waals surface area contributed by atoms with E-state index in [4.69, 9.17) is 4.74 Å². The van der Waals surface area contributed by atoms with Crippen LogP contribution in [0.2, 0.25) is 0 Å². The average molecular weight is 432 g/mol. The molecule has 0 spiro atoms. The van der Waals surface area contributed by atoms with E-state index in [-0.39, 0.29) is 0 Å². The van der Waals surface area contributed by atoms with Crippen LogP contribution >= 0.6 is 35.7 Å². The van der Waals surface area contributed by atoms with Gasteiger partial charge < -0.3 is 4.74 Å². The minimum absolute atomic E-state index is 0.543. The Kier molecular flexibility index (Phi) is 8.27.